The first kappa shape index (κ1) is 5.85. The minimum atomic E-state index is 0.919. The van der Waals surface area contributed by atoms with Gasteiger partial charge >= 0.3 is 7.48 Å². The number of hydrogen-bond donors (Lipinski definition) is 1. The third-order valence-corrected chi connectivity index (χ3v) is 1.82. The van der Waals surface area contributed by atoms with Crippen LogP contribution in [0.25, 0.3) is 0 Å². The molecule has 1 nitrogen and oxygen atoms in total. The molecule has 8 heavy (non-hydrogen) atoms. The van der Waals surface area contributed by atoms with Crippen molar-refractivity contribution in [1.82, 2.24) is 0 Å². The van der Waals surface area contributed by atoms with Gasteiger partial charge in [0.15, 0.2) is 0 Å². The summed E-state index contributed by atoms with van der Waals surface area (Å²) in [7, 11) is 1.12. The molecule has 0 saturated carbocycles. The van der Waals surface area contributed by atoms with Gasteiger partial charge in [0, 0.05) is 4.88 Å². The Labute approximate surface area is 53.3 Å². The van der Waals surface area contributed by atoms with Crippen molar-refractivity contribution in [3.05, 3.63) is 17.0 Å². The lowest BCUT2D eigenvalue weighted by Crippen LogP contribution is -2.06. The third-order valence-electron chi connectivity index (χ3n) is 0.888. The molecule has 0 aliphatic heterocycles. The van der Waals surface area contributed by atoms with Crippen LogP contribution in [0, 0.1) is 6.92 Å². The fourth-order valence-corrected chi connectivity index (χ4v) is 1.22. The average molecular weight is 125 g/mol. The van der Waals surface area contributed by atoms with E-state index in [4.69, 9.17) is 5.02 Å². The molecule has 1 aromatic rings. The average Bonchev–Trinajstić information content (AvgIpc) is 2.14. The molecule has 1 rings (SSSR count). The lowest BCUT2D eigenvalue weighted by Gasteiger charge is -1.77. The zero-order valence-corrected chi connectivity index (χ0v) is 5.40. The van der Waals surface area contributed by atoms with Gasteiger partial charge in [0.25, 0.3) is 0 Å². The highest BCUT2D eigenvalue weighted by atomic mass is 32.1. The Bertz CT molecular complexity index is 173. The van der Waals surface area contributed by atoms with Crippen molar-refractivity contribution in [2.24, 2.45) is 0 Å². The largest absolute Gasteiger partial charge is 0.449 e. The van der Waals surface area contributed by atoms with Crippen LogP contribution >= 0.6 is 11.3 Å². The lowest BCUT2D eigenvalue weighted by molar-refractivity contribution is 0.616. The molecule has 0 amide bonds. The second kappa shape index (κ2) is 2.33. The molecule has 41 valence electrons. The minimum Gasteiger partial charge on any atom is -0.449 e. The van der Waals surface area contributed by atoms with Crippen molar-refractivity contribution in [3.63, 3.8) is 0 Å². The van der Waals surface area contributed by atoms with Crippen molar-refractivity contribution in [3.8, 4) is 0 Å². The van der Waals surface area contributed by atoms with E-state index < -0.39 is 0 Å². The molecule has 0 spiro atoms. The zero-order valence-electron chi connectivity index (χ0n) is 4.59. The molecule has 0 aliphatic rings. The van der Waals surface area contributed by atoms with Crippen LogP contribution in [0.15, 0.2) is 12.1 Å². The highest BCUT2D eigenvalue weighted by molar-refractivity contribution is 7.20. The molecule has 0 fully saturated rings. The summed E-state index contributed by atoms with van der Waals surface area (Å²) in [6, 6.07) is 3.87. The molecule has 0 saturated heterocycles. The van der Waals surface area contributed by atoms with Crippen LogP contribution in [0.2, 0.25) is 0 Å². The highest BCUT2D eigenvalue weighted by Gasteiger charge is 1.93. The number of rotatable bonds is 1. The van der Waals surface area contributed by atoms with E-state index in [1.165, 1.54) is 4.88 Å². The Balaban J connectivity index is 2.84. The van der Waals surface area contributed by atoms with Gasteiger partial charge in [-0.2, -0.15) is 11.3 Å². The van der Waals surface area contributed by atoms with Crippen LogP contribution in [0.3, 0.4) is 0 Å². The Morgan fingerprint density at radius 2 is 2.38 bits per heavy atom. The van der Waals surface area contributed by atoms with Crippen molar-refractivity contribution in [2.75, 3.05) is 0 Å². The maximum atomic E-state index is 8.44. The summed E-state index contributed by atoms with van der Waals surface area (Å²) < 4.78 is 0.919. The topological polar surface area (TPSA) is 20.2 Å². The van der Waals surface area contributed by atoms with E-state index in [1.54, 1.807) is 11.3 Å². The molecule has 0 bridgehead atoms. The molecule has 0 aliphatic carbocycles. The fourth-order valence-electron chi connectivity index (χ4n) is 0.523. The second-order valence-electron chi connectivity index (χ2n) is 1.58. The van der Waals surface area contributed by atoms with Gasteiger partial charge in [0.1, 0.15) is 0 Å². The van der Waals surface area contributed by atoms with E-state index in [2.05, 4.69) is 0 Å². The highest BCUT2D eigenvalue weighted by Crippen LogP contribution is 2.01. The summed E-state index contributed by atoms with van der Waals surface area (Å²) in [5.41, 5.74) is 0. The summed E-state index contributed by atoms with van der Waals surface area (Å²) in [5, 5.41) is 8.44. The summed E-state index contributed by atoms with van der Waals surface area (Å²) in [4.78, 5) is 1.23. The third kappa shape index (κ3) is 1.11. The van der Waals surface area contributed by atoms with Gasteiger partial charge < -0.3 is 5.02 Å². The van der Waals surface area contributed by atoms with Crippen LogP contribution in [-0.4, -0.2) is 12.5 Å². The molecule has 1 heterocycles. The first-order chi connectivity index (χ1) is 3.83. The van der Waals surface area contributed by atoms with Crippen LogP contribution in [0.4, 0.5) is 0 Å². The van der Waals surface area contributed by atoms with E-state index in [0.717, 1.165) is 12.3 Å². The predicted molar refractivity (Wildman–Crippen MR) is 36.7 cm³/mol. The van der Waals surface area contributed by atoms with Gasteiger partial charge in [-0.15, -0.1) is 0 Å². The van der Waals surface area contributed by atoms with Gasteiger partial charge in [0.2, 0.25) is 0 Å². The predicted octanol–water partition coefficient (Wildman–Crippen LogP) is 0.293. The molecule has 1 aromatic heterocycles. The SMILES string of the molecule is Cc1ccc([B]O)s1. The summed E-state index contributed by atoms with van der Waals surface area (Å²) in [6.07, 6.45) is 0. The molecule has 0 unspecified atom stereocenters. The van der Waals surface area contributed by atoms with Crippen LogP contribution in [0.1, 0.15) is 4.88 Å². The van der Waals surface area contributed by atoms with Crippen molar-refractivity contribution < 1.29 is 5.02 Å². The quantitative estimate of drug-likeness (QED) is 0.535. The monoisotopic (exact) mass is 125 g/mol. The Hall–Kier alpha value is -0.275. The lowest BCUT2D eigenvalue weighted by atomic mass is 10.0. The molecule has 1 radical (unpaired) electrons. The molecular weight excluding hydrogens is 119 g/mol. The second-order valence-corrected chi connectivity index (χ2v) is 2.90. The molecule has 1 N–H and O–H groups in total. The van der Waals surface area contributed by atoms with E-state index in [1.807, 2.05) is 19.1 Å². The van der Waals surface area contributed by atoms with Crippen molar-refractivity contribution in [2.45, 2.75) is 6.92 Å². The van der Waals surface area contributed by atoms with E-state index in [9.17, 15) is 0 Å². The Kier molecular flexibility index (Phi) is 1.71. The standard InChI is InChI=1S/C5H6BOS/c1-4-2-3-5(6-7)8-4/h2-3,7H,1H3. The van der Waals surface area contributed by atoms with Gasteiger partial charge in [0.05, 0.1) is 0 Å². The smallest absolute Gasteiger partial charge is 0.337 e. The Morgan fingerprint density at radius 1 is 1.62 bits per heavy atom. The fraction of sp³-hybridized carbons (Fsp3) is 0.200. The van der Waals surface area contributed by atoms with E-state index >= 15 is 0 Å². The van der Waals surface area contributed by atoms with Gasteiger partial charge in [-0.1, -0.05) is 6.07 Å². The summed E-state index contributed by atoms with van der Waals surface area (Å²) in [5.74, 6) is 0. The minimum absolute atomic E-state index is 0.919. The molecule has 3 heteroatoms. The first-order valence-electron chi connectivity index (χ1n) is 2.37. The molecular formula is C5H6BOS. The normalized spacial score (nSPS) is 9.25. The zero-order chi connectivity index (χ0) is 5.98. The van der Waals surface area contributed by atoms with Crippen molar-refractivity contribution >= 4 is 23.6 Å². The summed E-state index contributed by atoms with van der Waals surface area (Å²) >= 11 is 1.58. The first-order valence-corrected chi connectivity index (χ1v) is 3.18. The van der Waals surface area contributed by atoms with Crippen LogP contribution in [-0.2, 0) is 0 Å². The van der Waals surface area contributed by atoms with Crippen molar-refractivity contribution in [1.29, 1.82) is 0 Å². The Morgan fingerprint density at radius 3 is 2.62 bits per heavy atom. The van der Waals surface area contributed by atoms with Crippen LogP contribution < -0.4 is 4.78 Å². The summed E-state index contributed by atoms with van der Waals surface area (Å²) in [6.45, 7) is 2.01. The van der Waals surface area contributed by atoms with E-state index in [-0.39, 0.29) is 0 Å². The van der Waals surface area contributed by atoms with Crippen LogP contribution in [0.5, 0.6) is 0 Å². The van der Waals surface area contributed by atoms with E-state index in [0.29, 0.717) is 0 Å². The maximum absolute atomic E-state index is 8.44. The molecule has 0 aromatic carbocycles. The van der Waals surface area contributed by atoms with Gasteiger partial charge in [-0.3, -0.25) is 0 Å². The maximum Gasteiger partial charge on any atom is 0.337 e. The number of aryl methyl sites for hydroxylation is 1. The number of thiophene rings is 1. The molecule has 0 atom stereocenters. The number of hydrogen-bond acceptors (Lipinski definition) is 2. The van der Waals surface area contributed by atoms with Gasteiger partial charge in [-0.05, 0) is 17.8 Å². The van der Waals surface area contributed by atoms with Gasteiger partial charge in [-0.25, -0.2) is 0 Å².